The highest BCUT2D eigenvalue weighted by Gasteiger charge is 2.45. The van der Waals surface area contributed by atoms with Gasteiger partial charge in [0.05, 0.1) is 26.4 Å². The largest absolute Gasteiger partial charge is 0.387 e. The Morgan fingerprint density at radius 3 is 2.10 bits per heavy atom. The third-order valence-electron chi connectivity index (χ3n) is 4.70. The molecule has 1 fully saturated rings. The summed E-state index contributed by atoms with van der Waals surface area (Å²) in [4.78, 5) is 0. The molecule has 156 valence electrons. The maximum Gasteiger partial charge on any atom is 0.187 e. The molecule has 3 rings (SSSR count). The molecule has 1 aliphatic rings. The molecule has 0 saturated carbocycles. The first-order valence-electron chi connectivity index (χ1n) is 9.70. The highest BCUT2D eigenvalue weighted by Crippen LogP contribution is 2.26. The van der Waals surface area contributed by atoms with Crippen LogP contribution in [0.15, 0.2) is 73.3 Å². The van der Waals surface area contributed by atoms with Gasteiger partial charge in [-0.2, -0.15) is 0 Å². The van der Waals surface area contributed by atoms with Gasteiger partial charge in [-0.05, 0) is 11.1 Å². The Morgan fingerprint density at radius 2 is 1.48 bits per heavy atom. The predicted octanol–water partition coefficient (Wildman–Crippen LogP) is 2.44. The van der Waals surface area contributed by atoms with E-state index in [2.05, 4.69) is 6.58 Å². The first-order chi connectivity index (χ1) is 14.2. The van der Waals surface area contributed by atoms with Gasteiger partial charge in [0.15, 0.2) is 6.29 Å². The SMILES string of the molecule is C=CCO[C@@H]1O[C@H](COCc2ccccc2)[C@H](O)[C@H](O)[C@H]1OCc1ccccc1. The van der Waals surface area contributed by atoms with Crippen LogP contribution in [0.3, 0.4) is 0 Å². The second kappa shape index (κ2) is 11.2. The molecule has 0 spiro atoms. The molecule has 2 aromatic carbocycles. The van der Waals surface area contributed by atoms with Gasteiger partial charge in [0.25, 0.3) is 0 Å². The zero-order valence-electron chi connectivity index (χ0n) is 16.3. The second-order valence-corrected chi connectivity index (χ2v) is 6.91. The molecule has 0 aliphatic carbocycles. The Balaban J connectivity index is 1.59. The Labute approximate surface area is 171 Å². The zero-order chi connectivity index (χ0) is 20.5. The van der Waals surface area contributed by atoms with Crippen LogP contribution in [0.1, 0.15) is 11.1 Å². The van der Waals surface area contributed by atoms with Gasteiger partial charge in [-0.3, -0.25) is 0 Å². The van der Waals surface area contributed by atoms with E-state index in [0.717, 1.165) is 11.1 Å². The molecule has 2 N–H and O–H groups in total. The topological polar surface area (TPSA) is 77.4 Å². The van der Waals surface area contributed by atoms with Gasteiger partial charge in [0.1, 0.15) is 24.4 Å². The Bertz CT molecular complexity index is 721. The second-order valence-electron chi connectivity index (χ2n) is 6.91. The van der Waals surface area contributed by atoms with Crippen LogP contribution < -0.4 is 0 Å². The molecule has 6 nitrogen and oxygen atoms in total. The van der Waals surface area contributed by atoms with Crippen molar-refractivity contribution < 1.29 is 29.2 Å². The lowest BCUT2D eigenvalue weighted by molar-refractivity contribution is -0.311. The van der Waals surface area contributed by atoms with Crippen molar-refractivity contribution in [3.8, 4) is 0 Å². The van der Waals surface area contributed by atoms with E-state index in [1.54, 1.807) is 6.08 Å². The van der Waals surface area contributed by atoms with Crippen LogP contribution in [0.4, 0.5) is 0 Å². The third kappa shape index (κ3) is 6.21. The lowest BCUT2D eigenvalue weighted by atomic mass is 9.99. The van der Waals surface area contributed by atoms with Gasteiger partial charge in [0.2, 0.25) is 0 Å². The molecular formula is C23H28O6. The number of rotatable bonds is 10. The summed E-state index contributed by atoms with van der Waals surface area (Å²) >= 11 is 0. The number of aliphatic hydroxyl groups excluding tert-OH is 2. The minimum atomic E-state index is -1.17. The van der Waals surface area contributed by atoms with Gasteiger partial charge in [-0.1, -0.05) is 66.7 Å². The number of aliphatic hydroxyl groups is 2. The van der Waals surface area contributed by atoms with Crippen molar-refractivity contribution in [1.82, 2.24) is 0 Å². The van der Waals surface area contributed by atoms with E-state index in [1.807, 2.05) is 60.7 Å². The molecule has 5 atom stereocenters. The van der Waals surface area contributed by atoms with Crippen molar-refractivity contribution >= 4 is 0 Å². The van der Waals surface area contributed by atoms with Crippen molar-refractivity contribution in [3.63, 3.8) is 0 Å². The van der Waals surface area contributed by atoms with Gasteiger partial charge in [-0.15, -0.1) is 6.58 Å². The number of ether oxygens (including phenoxy) is 4. The highest BCUT2D eigenvalue weighted by atomic mass is 16.7. The summed E-state index contributed by atoms with van der Waals surface area (Å²) in [7, 11) is 0. The summed E-state index contributed by atoms with van der Waals surface area (Å²) in [6.45, 7) is 4.64. The molecule has 0 bridgehead atoms. The smallest absolute Gasteiger partial charge is 0.187 e. The normalized spacial score (nSPS) is 26.9. The molecule has 0 amide bonds. The van der Waals surface area contributed by atoms with Crippen LogP contribution in [-0.4, -0.2) is 54.1 Å². The fourth-order valence-corrected chi connectivity index (χ4v) is 3.15. The zero-order valence-corrected chi connectivity index (χ0v) is 16.3. The molecule has 2 aromatic rings. The van der Waals surface area contributed by atoms with Crippen LogP contribution in [0.2, 0.25) is 0 Å². The molecule has 29 heavy (non-hydrogen) atoms. The first-order valence-corrected chi connectivity index (χ1v) is 9.70. The van der Waals surface area contributed by atoms with Crippen molar-refractivity contribution in [2.24, 2.45) is 0 Å². The minimum Gasteiger partial charge on any atom is -0.387 e. The van der Waals surface area contributed by atoms with Gasteiger partial charge >= 0.3 is 0 Å². The van der Waals surface area contributed by atoms with Crippen LogP contribution >= 0.6 is 0 Å². The quantitative estimate of drug-likeness (QED) is 0.597. The van der Waals surface area contributed by atoms with E-state index in [4.69, 9.17) is 18.9 Å². The fourth-order valence-electron chi connectivity index (χ4n) is 3.15. The summed E-state index contributed by atoms with van der Waals surface area (Å²) < 4.78 is 23.1. The van der Waals surface area contributed by atoms with E-state index in [9.17, 15) is 10.2 Å². The lowest BCUT2D eigenvalue weighted by Crippen LogP contribution is -2.60. The van der Waals surface area contributed by atoms with Crippen molar-refractivity contribution in [2.75, 3.05) is 13.2 Å². The number of hydrogen-bond acceptors (Lipinski definition) is 6. The summed E-state index contributed by atoms with van der Waals surface area (Å²) in [5.74, 6) is 0. The van der Waals surface area contributed by atoms with E-state index < -0.39 is 30.7 Å². The summed E-state index contributed by atoms with van der Waals surface area (Å²) in [5, 5.41) is 21.2. The molecule has 0 radical (unpaired) electrons. The molecule has 1 heterocycles. The summed E-state index contributed by atoms with van der Waals surface area (Å²) in [6.07, 6.45) is -3.16. The van der Waals surface area contributed by atoms with E-state index in [-0.39, 0.29) is 19.8 Å². The maximum atomic E-state index is 10.7. The van der Waals surface area contributed by atoms with Gasteiger partial charge < -0.3 is 29.2 Å². The van der Waals surface area contributed by atoms with Gasteiger partial charge in [-0.25, -0.2) is 0 Å². The van der Waals surface area contributed by atoms with E-state index in [0.29, 0.717) is 6.61 Å². The Morgan fingerprint density at radius 1 is 0.862 bits per heavy atom. The first kappa shape index (κ1) is 21.6. The molecule has 6 heteroatoms. The molecular weight excluding hydrogens is 372 g/mol. The molecule has 1 saturated heterocycles. The fraction of sp³-hybridized carbons (Fsp3) is 0.391. The highest BCUT2D eigenvalue weighted by molar-refractivity contribution is 5.14. The van der Waals surface area contributed by atoms with E-state index in [1.165, 1.54) is 0 Å². The monoisotopic (exact) mass is 400 g/mol. The lowest BCUT2D eigenvalue weighted by Gasteiger charge is -2.42. The van der Waals surface area contributed by atoms with E-state index >= 15 is 0 Å². The Hall–Kier alpha value is -2.06. The third-order valence-corrected chi connectivity index (χ3v) is 4.70. The summed E-state index contributed by atoms with van der Waals surface area (Å²) in [6, 6.07) is 19.3. The van der Waals surface area contributed by atoms with Crippen molar-refractivity contribution in [3.05, 3.63) is 84.4 Å². The van der Waals surface area contributed by atoms with Crippen LogP contribution in [0.25, 0.3) is 0 Å². The molecule has 0 unspecified atom stereocenters. The van der Waals surface area contributed by atoms with Crippen molar-refractivity contribution in [1.29, 1.82) is 0 Å². The molecule has 0 aromatic heterocycles. The standard InChI is InChI=1S/C23H28O6/c1-2-13-27-23-22(28-15-18-11-7-4-8-12-18)21(25)20(24)19(29-23)16-26-14-17-9-5-3-6-10-17/h2-12,19-25H,1,13-16H2/t19-,20+,21+,22-,23-/m1/s1. The van der Waals surface area contributed by atoms with Crippen LogP contribution in [0, 0.1) is 0 Å². The average molecular weight is 400 g/mol. The number of benzene rings is 2. The van der Waals surface area contributed by atoms with Crippen LogP contribution in [-0.2, 0) is 32.2 Å². The van der Waals surface area contributed by atoms with Crippen molar-refractivity contribution in [2.45, 2.75) is 43.9 Å². The van der Waals surface area contributed by atoms with Crippen LogP contribution in [0.5, 0.6) is 0 Å². The average Bonchev–Trinajstić information content (AvgIpc) is 2.76. The van der Waals surface area contributed by atoms with Gasteiger partial charge in [0, 0.05) is 0 Å². The number of hydrogen-bond donors (Lipinski definition) is 2. The predicted molar refractivity (Wildman–Crippen MR) is 108 cm³/mol. The maximum absolute atomic E-state index is 10.7. The molecule has 1 aliphatic heterocycles. The Kier molecular flexibility index (Phi) is 8.37. The summed E-state index contributed by atoms with van der Waals surface area (Å²) in [5.41, 5.74) is 1.96. The minimum absolute atomic E-state index is 0.118.